The van der Waals surface area contributed by atoms with Gasteiger partial charge in [0.15, 0.2) is 0 Å². The van der Waals surface area contributed by atoms with Gasteiger partial charge < -0.3 is 24.8 Å². The maximum absolute atomic E-state index is 6.39. The predicted octanol–water partition coefficient (Wildman–Crippen LogP) is 3.49. The van der Waals surface area contributed by atoms with Gasteiger partial charge in [0.25, 0.3) is 0 Å². The van der Waals surface area contributed by atoms with Crippen LogP contribution in [0.2, 0.25) is 10.0 Å². The maximum Gasteiger partial charge on any atom is 3.00 e. The first kappa shape index (κ1) is 36.6. The van der Waals surface area contributed by atoms with Crippen LogP contribution < -0.4 is 35.3 Å². The van der Waals surface area contributed by atoms with E-state index < -0.39 is 0 Å². The molecule has 4 aromatic carbocycles. The van der Waals surface area contributed by atoms with Gasteiger partial charge in [0, 0.05) is 10.0 Å². The molecule has 0 aliphatic heterocycles. The van der Waals surface area contributed by atoms with Crippen LogP contribution in [0.1, 0.15) is 81.3 Å². The van der Waals surface area contributed by atoms with Gasteiger partial charge in [-0.05, 0) is 69.0 Å². The molecule has 1 radical (unpaired) electrons. The molecule has 0 saturated heterocycles. The minimum atomic E-state index is -0.125. The van der Waals surface area contributed by atoms with E-state index in [2.05, 4.69) is 114 Å². The molecular weight excluding hydrogens is 701 g/mol. The summed E-state index contributed by atoms with van der Waals surface area (Å²) in [4.78, 5) is 0. The van der Waals surface area contributed by atoms with Crippen LogP contribution in [0.5, 0.6) is 0 Å². The van der Waals surface area contributed by atoms with Gasteiger partial charge in [-0.1, -0.05) is 142 Å². The minimum Gasteiger partial charge on any atom is -1.00 e. The molecule has 6 rings (SSSR count). The molecule has 0 bridgehead atoms. The third-order valence-electron chi connectivity index (χ3n) is 8.18. The van der Waals surface area contributed by atoms with Crippen molar-refractivity contribution in [2.45, 2.75) is 58.8 Å². The van der Waals surface area contributed by atoms with Gasteiger partial charge in [0.2, 0.25) is 0 Å². The Morgan fingerprint density at radius 1 is 0.705 bits per heavy atom. The van der Waals surface area contributed by atoms with E-state index >= 15 is 0 Å². The molecule has 0 unspecified atom stereocenters. The van der Waals surface area contributed by atoms with Crippen LogP contribution in [0.25, 0.3) is 17.2 Å². The van der Waals surface area contributed by atoms with E-state index in [-0.39, 0.29) is 61.8 Å². The van der Waals surface area contributed by atoms with Crippen molar-refractivity contribution in [3.8, 4) is 0 Å². The van der Waals surface area contributed by atoms with Crippen molar-refractivity contribution in [1.82, 2.24) is 0 Å². The van der Waals surface area contributed by atoms with E-state index in [9.17, 15) is 0 Å². The van der Waals surface area contributed by atoms with E-state index in [1.165, 1.54) is 49.1 Å². The Labute approximate surface area is 303 Å². The Morgan fingerprint density at radius 2 is 1.27 bits per heavy atom. The normalized spacial score (nSPS) is 13.0. The first-order valence-corrected chi connectivity index (χ1v) is 15.1. The van der Waals surface area contributed by atoms with Crippen molar-refractivity contribution in [3.05, 3.63) is 155 Å². The van der Waals surface area contributed by atoms with Gasteiger partial charge >= 0.3 is 26.2 Å². The molecular formula is C39H35Cl4Zr. The molecule has 5 heteroatoms. The Bertz CT molecular complexity index is 1920. The Hall–Kier alpha value is -1.86. The molecule has 0 fully saturated rings. The van der Waals surface area contributed by atoms with Crippen molar-refractivity contribution in [2.75, 3.05) is 0 Å². The molecule has 0 aromatic heterocycles. The first-order chi connectivity index (χ1) is 19.4. The molecule has 0 nitrogen and oxygen atoms in total. The van der Waals surface area contributed by atoms with Crippen LogP contribution in [-0.4, -0.2) is 0 Å². The number of fused-ring (bicyclic) bond motifs is 2. The summed E-state index contributed by atoms with van der Waals surface area (Å²) in [6.45, 7) is 13.8. The van der Waals surface area contributed by atoms with Crippen LogP contribution in [0, 0.1) is 10.4 Å². The van der Waals surface area contributed by atoms with E-state index in [1.54, 1.807) is 0 Å². The Kier molecular flexibility index (Phi) is 11.5. The average molecular weight is 737 g/mol. The summed E-state index contributed by atoms with van der Waals surface area (Å²) in [5.41, 5.74) is 9.80. The zero-order chi connectivity index (χ0) is 29.1. The van der Waals surface area contributed by atoms with Crippen LogP contribution in [0.3, 0.4) is 0 Å². The first-order valence-electron chi connectivity index (χ1n) is 14.3. The van der Waals surface area contributed by atoms with Gasteiger partial charge in [0.1, 0.15) is 0 Å². The molecule has 0 spiro atoms. The fraction of sp³-hybridized carbons (Fsp3) is 0.231. The number of benzene rings is 4. The molecule has 2 aliphatic rings. The smallest absolute Gasteiger partial charge is 1.00 e. The quantitative estimate of drug-likeness (QED) is 0.249. The van der Waals surface area contributed by atoms with Crippen molar-refractivity contribution < 1.29 is 51.0 Å². The number of allylic oxidation sites excluding steroid dienone is 4. The van der Waals surface area contributed by atoms with Gasteiger partial charge in [0.05, 0.1) is 0 Å². The average Bonchev–Trinajstić information content (AvgIpc) is 3.57. The Morgan fingerprint density at radius 3 is 1.75 bits per heavy atom. The van der Waals surface area contributed by atoms with Crippen molar-refractivity contribution >= 4 is 40.4 Å². The van der Waals surface area contributed by atoms with Gasteiger partial charge in [-0.15, -0.1) is 33.4 Å². The summed E-state index contributed by atoms with van der Waals surface area (Å²) in [5, 5.41) is 6.42. The molecule has 0 atom stereocenters. The number of rotatable bonds is 3. The van der Waals surface area contributed by atoms with Crippen molar-refractivity contribution in [3.63, 3.8) is 0 Å². The number of hydrogen-bond acceptors (Lipinski definition) is 0. The van der Waals surface area contributed by atoms with Gasteiger partial charge in [-0.25, -0.2) is 0 Å². The molecule has 4 aromatic rings. The van der Waals surface area contributed by atoms with Crippen LogP contribution in [-0.2, 0) is 37.0 Å². The van der Waals surface area contributed by atoms with Gasteiger partial charge in [-0.3, -0.25) is 0 Å². The summed E-state index contributed by atoms with van der Waals surface area (Å²) >= 11 is 12.8. The van der Waals surface area contributed by atoms with Gasteiger partial charge in [-0.2, -0.15) is 0 Å². The number of hydrogen-bond donors (Lipinski definition) is 0. The molecule has 223 valence electrons. The van der Waals surface area contributed by atoms with Crippen molar-refractivity contribution in [1.29, 1.82) is 0 Å². The maximum atomic E-state index is 6.39. The van der Waals surface area contributed by atoms with Crippen molar-refractivity contribution in [2.24, 2.45) is 0 Å². The van der Waals surface area contributed by atoms with Crippen LogP contribution in [0.15, 0.2) is 91.0 Å². The van der Waals surface area contributed by atoms with E-state index in [4.69, 9.17) is 23.2 Å². The monoisotopic (exact) mass is 733 g/mol. The summed E-state index contributed by atoms with van der Waals surface area (Å²) in [6, 6.07) is 25.8. The second-order valence-corrected chi connectivity index (χ2v) is 14.1. The fourth-order valence-electron chi connectivity index (χ4n) is 6.00. The second-order valence-electron chi connectivity index (χ2n) is 13.2. The topological polar surface area (TPSA) is 0 Å². The Balaban J connectivity index is 0.00000176. The molecule has 0 N–H and O–H groups in total. The third kappa shape index (κ3) is 6.94. The summed E-state index contributed by atoms with van der Waals surface area (Å²) in [5.74, 6) is 0. The zero-order valence-electron chi connectivity index (χ0n) is 25.9. The SMILES string of the molecule is CC(C)(C)c1ccc2c(c1)=c1cc(C(C)(C)C)c(=C(c3ccc(Cl)cc3)c3ccc(Cl)cc3)c(C3=CC=CC3)c1[C-]=2.[Cl-].[Cl-].[Zr+3]. The summed E-state index contributed by atoms with van der Waals surface area (Å²) in [6.07, 6.45) is 11.5. The van der Waals surface area contributed by atoms with E-state index in [1.807, 2.05) is 24.3 Å². The minimum absolute atomic E-state index is 0. The van der Waals surface area contributed by atoms with Crippen LogP contribution in [0.4, 0.5) is 0 Å². The zero-order valence-corrected chi connectivity index (χ0v) is 31.4. The molecule has 0 amide bonds. The predicted molar refractivity (Wildman–Crippen MR) is 176 cm³/mol. The molecule has 0 saturated carbocycles. The molecule has 2 aliphatic carbocycles. The van der Waals surface area contributed by atoms with Crippen LogP contribution >= 0.6 is 23.2 Å². The summed E-state index contributed by atoms with van der Waals surface area (Å²) in [7, 11) is 0. The molecule has 0 heterocycles. The molecule has 44 heavy (non-hydrogen) atoms. The fourth-order valence-corrected chi connectivity index (χ4v) is 6.25. The second kappa shape index (κ2) is 13.9. The largest absolute Gasteiger partial charge is 3.00 e. The van der Waals surface area contributed by atoms with E-state index in [0.717, 1.165) is 32.8 Å². The van der Waals surface area contributed by atoms with E-state index in [0.29, 0.717) is 0 Å². The number of halogens is 4. The third-order valence-corrected chi connectivity index (χ3v) is 8.68. The summed E-state index contributed by atoms with van der Waals surface area (Å²) < 4.78 is 0. The standard InChI is InChI=1S/C39H35Cl2.2ClH.Zr/c1-38(2,3)28-16-11-27-21-33-32(31(27)22-28)23-34(39(4,5)6)37(36(33)24-9-7-8-10-24)35(25-12-17-29(40)18-13-25)26-14-19-30(41)20-15-26;;;/h7-9,11-20,22-23H,10H2,1-6H3;2*1H;/q-1;;;+3/p-2.